The van der Waals surface area contributed by atoms with Crippen molar-refractivity contribution in [3.05, 3.63) is 0 Å². The Morgan fingerprint density at radius 3 is 2.10 bits per heavy atom. The molecule has 1 heterocycles. The third-order valence-corrected chi connectivity index (χ3v) is 2.57. The summed E-state index contributed by atoms with van der Waals surface area (Å²) in [5.74, 6) is -1.94. The lowest BCUT2D eigenvalue weighted by molar-refractivity contribution is -0.215. The van der Waals surface area contributed by atoms with Gasteiger partial charge in [-0.3, -0.25) is 14.4 Å². The average molecular weight is 292 g/mol. The summed E-state index contributed by atoms with van der Waals surface area (Å²) in [6.45, 7) is 2.88. The summed E-state index contributed by atoms with van der Waals surface area (Å²) in [4.78, 5) is 32.9. The fraction of sp³-hybridized carbons (Fsp3) is 0.750. The van der Waals surface area contributed by atoms with Gasteiger partial charge in [-0.05, 0) is 0 Å². The zero-order valence-corrected chi connectivity index (χ0v) is 11.5. The normalized spacial score (nSPS) is 29.4. The Balaban J connectivity index is 2.83. The second kappa shape index (κ2) is 7.18. The van der Waals surface area contributed by atoms with Gasteiger partial charge in [0, 0.05) is 20.8 Å². The topological polar surface area (TPSA) is 88.1 Å². The summed E-state index contributed by atoms with van der Waals surface area (Å²) in [6.07, 6.45) is -4.97. The smallest absolute Gasteiger partial charge is 0.303 e. The van der Waals surface area contributed by atoms with E-state index in [1.165, 1.54) is 6.92 Å². The van der Waals surface area contributed by atoms with E-state index < -0.39 is 42.4 Å². The molecule has 0 spiro atoms. The molecule has 4 atom stereocenters. The lowest BCUT2D eigenvalue weighted by Crippen LogP contribution is -2.56. The molecule has 0 radical (unpaired) electrons. The number of rotatable bonds is 4. The summed E-state index contributed by atoms with van der Waals surface area (Å²) in [5.41, 5.74) is 0. The van der Waals surface area contributed by atoms with Gasteiger partial charge in [-0.1, -0.05) is 0 Å². The summed E-state index contributed by atoms with van der Waals surface area (Å²) in [6, 6.07) is 0. The largest absolute Gasteiger partial charge is 0.463 e. The number of carbonyl (C=O) groups excluding carboxylic acids is 3. The first kappa shape index (κ1) is 16.4. The molecule has 0 N–H and O–H groups in total. The fourth-order valence-corrected chi connectivity index (χ4v) is 1.83. The Labute approximate surface area is 115 Å². The molecule has 1 fully saturated rings. The Morgan fingerprint density at radius 1 is 1.05 bits per heavy atom. The highest BCUT2D eigenvalue weighted by Gasteiger charge is 2.45. The number of esters is 3. The van der Waals surface area contributed by atoms with Crippen molar-refractivity contribution < 1.29 is 37.7 Å². The third kappa shape index (κ3) is 4.76. The Kier molecular flexibility index (Phi) is 5.87. The van der Waals surface area contributed by atoms with Gasteiger partial charge >= 0.3 is 17.9 Å². The van der Waals surface area contributed by atoms with Crippen LogP contribution in [0.3, 0.4) is 0 Å². The molecule has 0 aliphatic carbocycles. The Hall–Kier alpha value is -1.70. The molecule has 7 nitrogen and oxygen atoms in total. The Bertz CT molecular complexity index is 384. The van der Waals surface area contributed by atoms with E-state index in [1.54, 1.807) is 0 Å². The molecule has 0 aromatic rings. The van der Waals surface area contributed by atoms with Gasteiger partial charge in [0.25, 0.3) is 0 Å². The van der Waals surface area contributed by atoms with E-state index in [2.05, 4.69) is 0 Å². The van der Waals surface area contributed by atoms with Gasteiger partial charge in [-0.15, -0.1) is 0 Å². The monoisotopic (exact) mass is 292 g/mol. The maximum absolute atomic E-state index is 13.8. The van der Waals surface area contributed by atoms with Crippen molar-refractivity contribution in [3.8, 4) is 0 Å². The van der Waals surface area contributed by atoms with Gasteiger partial charge in [-0.25, -0.2) is 4.39 Å². The lowest BCUT2D eigenvalue weighted by atomic mass is 10.0. The predicted molar refractivity (Wildman–Crippen MR) is 62.4 cm³/mol. The highest BCUT2D eigenvalue weighted by molar-refractivity contribution is 5.67. The number of carbonyl (C=O) groups is 3. The van der Waals surface area contributed by atoms with Crippen LogP contribution in [0.25, 0.3) is 0 Å². The SMILES string of the molecule is CC(=O)OCC1OCC(F)C(OC(C)=O)[C@@H]1OC(C)=O. The van der Waals surface area contributed by atoms with Gasteiger partial charge in [-0.2, -0.15) is 0 Å². The van der Waals surface area contributed by atoms with E-state index in [9.17, 15) is 18.8 Å². The van der Waals surface area contributed by atoms with E-state index in [4.69, 9.17) is 18.9 Å². The molecule has 20 heavy (non-hydrogen) atoms. The quantitative estimate of drug-likeness (QED) is 0.538. The molecule has 0 aromatic heterocycles. The van der Waals surface area contributed by atoms with Crippen molar-refractivity contribution >= 4 is 17.9 Å². The van der Waals surface area contributed by atoms with E-state index in [-0.39, 0.29) is 13.2 Å². The molecule has 3 unspecified atom stereocenters. The second-order valence-corrected chi connectivity index (χ2v) is 4.34. The standard InChI is InChI=1S/C12H17FO7/c1-6(14)17-5-10-12(20-8(3)16)11(19-7(2)15)9(13)4-18-10/h9-12H,4-5H2,1-3H3/t9?,10?,11?,12-/m1/s1. The minimum absolute atomic E-state index is 0.224. The predicted octanol–water partition coefficient (Wildman–Crippen LogP) is 0.150. The van der Waals surface area contributed by atoms with Crippen molar-refractivity contribution in [2.45, 2.75) is 45.3 Å². The van der Waals surface area contributed by atoms with Crippen molar-refractivity contribution in [2.24, 2.45) is 0 Å². The van der Waals surface area contributed by atoms with Gasteiger partial charge < -0.3 is 18.9 Å². The first-order valence-electron chi connectivity index (χ1n) is 6.04. The van der Waals surface area contributed by atoms with E-state index in [1.807, 2.05) is 0 Å². The molecule has 0 bridgehead atoms. The molecule has 1 saturated heterocycles. The van der Waals surface area contributed by atoms with E-state index >= 15 is 0 Å². The van der Waals surface area contributed by atoms with Crippen LogP contribution in [0.1, 0.15) is 20.8 Å². The van der Waals surface area contributed by atoms with E-state index in [0.29, 0.717) is 0 Å². The van der Waals surface area contributed by atoms with Crippen molar-refractivity contribution in [3.63, 3.8) is 0 Å². The minimum atomic E-state index is -1.63. The molecule has 114 valence electrons. The molecule has 1 aliphatic heterocycles. The van der Waals surface area contributed by atoms with Crippen LogP contribution >= 0.6 is 0 Å². The first-order valence-corrected chi connectivity index (χ1v) is 6.04. The molecule has 0 aromatic carbocycles. The van der Waals surface area contributed by atoms with Crippen LogP contribution < -0.4 is 0 Å². The second-order valence-electron chi connectivity index (χ2n) is 4.34. The van der Waals surface area contributed by atoms with Gasteiger partial charge in [0.1, 0.15) is 12.7 Å². The van der Waals surface area contributed by atoms with Gasteiger partial charge in [0.2, 0.25) is 0 Å². The van der Waals surface area contributed by atoms with Gasteiger partial charge in [0.15, 0.2) is 18.4 Å². The van der Waals surface area contributed by atoms with Crippen molar-refractivity contribution in [2.75, 3.05) is 13.2 Å². The number of halogens is 1. The molecular weight excluding hydrogens is 275 g/mol. The zero-order valence-electron chi connectivity index (χ0n) is 11.5. The molecule has 1 aliphatic rings. The maximum Gasteiger partial charge on any atom is 0.303 e. The number of ether oxygens (including phenoxy) is 4. The lowest BCUT2D eigenvalue weighted by Gasteiger charge is -2.37. The molecule has 0 saturated carbocycles. The average Bonchev–Trinajstić information content (AvgIpc) is 2.31. The highest BCUT2D eigenvalue weighted by Crippen LogP contribution is 2.24. The summed E-state index contributed by atoms with van der Waals surface area (Å²) in [7, 11) is 0. The number of alkyl halides is 1. The third-order valence-electron chi connectivity index (χ3n) is 2.57. The zero-order chi connectivity index (χ0) is 15.3. The summed E-state index contributed by atoms with van der Waals surface area (Å²) in [5, 5.41) is 0. The molecule has 1 rings (SSSR count). The van der Waals surface area contributed by atoms with Crippen LogP contribution in [-0.2, 0) is 33.3 Å². The fourth-order valence-electron chi connectivity index (χ4n) is 1.83. The Morgan fingerprint density at radius 2 is 1.60 bits per heavy atom. The van der Waals surface area contributed by atoms with Crippen molar-refractivity contribution in [1.29, 1.82) is 0 Å². The van der Waals surface area contributed by atoms with Crippen LogP contribution in [0.15, 0.2) is 0 Å². The molecule has 8 heteroatoms. The molecule has 0 amide bonds. The van der Waals surface area contributed by atoms with E-state index in [0.717, 1.165) is 13.8 Å². The maximum atomic E-state index is 13.8. The number of hydrogen-bond acceptors (Lipinski definition) is 7. The van der Waals surface area contributed by atoms with Crippen LogP contribution in [0.4, 0.5) is 4.39 Å². The van der Waals surface area contributed by atoms with Crippen LogP contribution in [0, 0.1) is 0 Å². The van der Waals surface area contributed by atoms with Gasteiger partial charge in [0.05, 0.1) is 6.61 Å². The summed E-state index contributed by atoms with van der Waals surface area (Å²) >= 11 is 0. The van der Waals surface area contributed by atoms with Crippen LogP contribution in [0.5, 0.6) is 0 Å². The van der Waals surface area contributed by atoms with Crippen molar-refractivity contribution in [1.82, 2.24) is 0 Å². The molecular formula is C12H17FO7. The summed E-state index contributed by atoms with van der Waals surface area (Å²) < 4.78 is 33.5. The first-order chi connectivity index (χ1) is 9.31. The minimum Gasteiger partial charge on any atom is -0.463 e. The van der Waals surface area contributed by atoms with Crippen LogP contribution in [-0.4, -0.2) is 55.6 Å². The number of hydrogen-bond donors (Lipinski definition) is 0. The highest BCUT2D eigenvalue weighted by atomic mass is 19.1. The van der Waals surface area contributed by atoms with Crippen LogP contribution in [0.2, 0.25) is 0 Å².